The van der Waals surface area contributed by atoms with E-state index in [4.69, 9.17) is 4.42 Å². The summed E-state index contributed by atoms with van der Waals surface area (Å²) in [5, 5.41) is 10.2. The van der Waals surface area contributed by atoms with E-state index in [9.17, 15) is 5.11 Å². The van der Waals surface area contributed by atoms with Gasteiger partial charge in [0.25, 0.3) is 0 Å². The van der Waals surface area contributed by atoms with Crippen LogP contribution in [0.5, 0.6) is 0 Å². The van der Waals surface area contributed by atoms with Gasteiger partial charge in [-0.05, 0) is 46.7 Å². The van der Waals surface area contributed by atoms with Crippen LogP contribution in [0.2, 0.25) is 0 Å². The van der Waals surface area contributed by atoms with Crippen molar-refractivity contribution in [3.63, 3.8) is 0 Å². The van der Waals surface area contributed by atoms with Crippen LogP contribution in [0.1, 0.15) is 44.3 Å². The molecule has 3 heteroatoms. The maximum atomic E-state index is 10.2. The first-order valence-electron chi connectivity index (χ1n) is 5.59. The predicted molar refractivity (Wildman–Crippen MR) is 62.5 cm³/mol. The van der Waals surface area contributed by atoms with Crippen molar-refractivity contribution in [2.24, 2.45) is 11.8 Å². The fourth-order valence-corrected chi connectivity index (χ4v) is 3.01. The highest BCUT2D eigenvalue weighted by atomic mass is 79.9. The number of furan rings is 1. The molecule has 0 radical (unpaired) electrons. The summed E-state index contributed by atoms with van der Waals surface area (Å²) < 4.78 is 5.83. The molecule has 2 nitrogen and oxygen atoms in total. The molecule has 0 aliphatic heterocycles. The van der Waals surface area contributed by atoms with Gasteiger partial charge in [0.2, 0.25) is 0 Å². The summed E-state index contributed by atoms with van der Waals surface area (Å²) in [6.07, 6.45) is 6.03. The Bertz CT molecular complexity index is 321. The molecule has 1 aromatic rings. The minimum absolute atomic E-state index is 0.374. The average Bonchev–Trinajstić information content (AvgIpc) is 2.63. The zero-order chi connectivity index (χ0) is 10.8. The molecule has 1 aromatic heterocycles. The lowest BCUT2D eigenvalue weighted by molar-refractivity contribution is 0.0701. The third kappa shape index (κ3) is 2.45. The topological polar surface area (TPSA) is 33.4 Å². The number of halogens is 1. The van der Waals surface area contributed by atoms with Crippen LogP contribution in [0.15, 0.2) is 21.4 Å². The summed E-state index contributed by atoms with van der Waals surface area (Å²) in [6, 6.07) is 1.86. The van der Waals surface area contributed by atoms with E-state index in [1.165, 1.54) is 12.8 Å². The van der Waals surface area contributed by atoms with Crippen molar-refractivity contribution in [2.75, 3.05) is 0 Å². The van der Waals surface area contributed by atoms with E-state index in [0.29, 0.717) is 10.6 Å². The second kappa shape index (κ2) is 4.71. The molecule has 84 valence electrons. The van der Waals surface area contributed by atoms with Crippen molar-refractivity contribution in [1.29, 1.82) is 0 Å². The van der Waals surface area contributed by atoms with Crippen LogP contribution in [0.3, 0.4) is 0 Å². The van der Waals surface area contributed by atoms with Crippen LogP contribution in [0.25, 0.3) is 0 Å². The number of hydrogen-bond donors (Lipinski definition) is 1. The van der Waals surface area contributed by atoms with Gasteiger partial charge >= 0.3 is 0 Å². The molecular weight excluding hydrogens is 256 g/mol. The van der Waals surface area contributed by atoms with Crippen molar-refractivity contribution in [3.05, 3.63) is 22.6 Å². The smallest absolute Gasteiger partial charge is 0.174 e. The largest absolute Gasteiger partial charge is 0.457 e. The van der Waals surface area contributed by atoms with Crippen molar-refractivity contribution in [1.82, 2.24) is 0 Å². The molecule has 1 fully saturated rings. The Kier molecular flexibility index (Phi) is 3.52. The van der Waals surface area contributed by atoms with E-state index in [-0.39, 0.29) is 6.10 Å². The number of aliphatic hydroxyl groups excluding tert-OH is 1. The molecule has 1 aliphatic rings. The van der Waals surface area contributed by atoms with Crippen molar-refractivity contribution in [2.45, 2.75) is 38.7 Å². The van der Waals surface area contributed by atoms with Crippen molar-refractivity contribution in [3.8, 4) is 0 Å². The highest BCUT2D eigenvalue weighted by Crippen LogP contribution is 2.39. The van der Waals surface area contributed by atoms with E-state index in [2.05, 4.69) is 22.9 Å². The van der Waals surface area contributed by atoms with Crippen LogP contribution in [0.4, 0.5) is 0 Å². The van der Waals surface area contributed by atoms with Gasteiger partial charge in [-0.1, -0.05) is 19.8 Å². The number of rotatable bonds is 2. The van der Waals surface area contributed by atoms with Crippen molar-refractivity contribution >= 4 is 15.9 Å². The molecule has 3 unspecified atom stereocenters. The minimum atomic E-state index is -0.374. The van der Waals surface area contributed by atoms with E-state index < -0.39 is 0 Å². The van der Waals surface area contributed by atoms with E-state index in [1.807, 2.05) is 6.07 Å². The molecular formula is C12H17BrO2. The summed E-state index contributed by atoms with van der Waals surface area (Å²) in [7, 11) is 0. The van der Waals surface area contributed by atoms with Gasteiger partial charge in [0.1, 0.15) is 0 Å². The summed E-state index contributed by atoms with van der Waals surface area (Å²) in [6.45, 7) is 2.27. The van der Waals surface area contributed by atoms with Gasteiger partial charge in [-0.3, -0.25) is 0 Å². The van der Waals surface area contributed by atoms with Gasteiger partial charge in [0, 0.05) is 5.56 Å². The molecule has 0 amide bonds. The fourth-order valence-electron chi connectivity index (χ4n) is 2.54. The van der Waals surface area contributed by atoms with Gasteiger partial charge in [-0.15, -0.1) is 0 Å². The van der Waals surface area contributed by atoms with E-state index in [0.717, 1.165) is 24.3 Å². The molecule has 3 atom stereocenters. The fraction of sp³-hybridized carbons (Fsp3) is 0.667. The zero-order valence-electron chi connectivity index (χ0n) is 8.95. The van der Waals surface area contributed by atoms with Crippen LogP contribution in [-0.4, -0.2) is 5.11 Å². The van der Waals surface area contributed by atoms with Crippen LogP contribution in [0, 0.1) is 11.8 Å². The Morgan fingerprint density at radius 3 is 2.93 bits per heavy atom. The lowest BCUT2D eigenvalue weighted by Crippen LogP contribution is -2.20. The Morgan fingerprint density at radius 2 is 2.33 bits per heavy atom. The minimum Gasteiger partial charge on any atom is -0.457 e. The predicted octanol–water partition coefficient (Wildman–Crippen LogP) is 3.90. The van der Waals surface area contributed by atoms with Gasteiger partial charge < -0.3 is 9.52 Å². The van der Waals surface area contributed by atoms with Crippen molar-refractivity contribution < 1.29 is 9.52 Å². The third-order valence-electron chi connectivity index (χ3n) is 3.39. The number of aliphatic hydroxyl groups is 1. The Balaban J connectivity index is 2.07. The maximum absolute atomic E-state index is 10.2. The Morgan fingerprint density at radius 1 is 1.53 bits per heavy atom. The molecule has 0 aromatic carbocycles. The molecule has 0 saturated heterocycles. The monoisotopic (exact) mass is 272 g/mol. The molecule has 0 bridgehead atoms. The summed E-state index contributed by atoms with van der Waals surface area (Å²) in [5.41, 5.74) is 0.897. The lowest BCUT2D eigenvalue weighted by atomic mass is 9.78. The molecule has 1 saturated carbocycles. The van der Waals surface area contributed by atoms with Crippen LogP contribution < -0.4 is 0 Å². The molecule has 2 rings (SSSR count). The molecule has 15 heavy (non-hydrogen) atoms. The highest BCUT2D eigenvalue weighted by molar-refractivity contribution is 9.10. The van der Waals surface area contributed by atoms with E-state index >= 15 is 0 Å². The first-order valence-corrected chi connectivity index (χ1v) is 6.38. The SMILES string of the molecule is CC1CCCC(C(O)c2ccoc2Br)C1. The summed E-state index contributed by atoms with van der Waals surface area (Å²) in [4.78, 5) is 0. The third-order valence-corrected chi connectivity index (χ3v) is 4.03. The average molecular weight is 273 g/mol. The molecule has 1 heterocycles. The standard InChI is InChI=1S/C12H17BrO2/c1-8-3-2-4-9(7-8)11(14)10-5-6-15-12(10)13/h5-6,8-9,11,14H,2-4,7H2,1H3. The lowest BCUT2D eigenvalue weighted by Gasteiger charge is -2.30. The summed E-state index contributed by atoms with van der Waals surface area (Å²) >= 11 is 3.32. The van der Waals surface area contributed by atoms with Gasteiger partial charge in [0.15, 0.2) is 4.67 Å². The molecule has 0 spiro atoms. The normalized spacial score (nSPS) is 29.0. The quantitative estimate of drug-likeness (QED) is 0.886. The highest BCUT2D eigenvalue weighted by Gasteiger charge is 2.28. The molecule has 1 N–H and O–H groups in total. The first kappa shape index (κ1) is 11.2. The van der Waals surface area contributed by atoms with Crippen LogP contribution >= 0.6 is 15.9 Å². The van der Waals surface area contributed by atoms with Gasteiger partial charge in [0.05, 0.1) is 12.4 Å². The van der Waals surface area contributed by atoms with Gasteiger partial charge in [-0.2, -0.15) is 0 Å². The Hall–Kier alpha value is -0.280. The second-order valence-electron chi connectivity index (χ2n) is 4.63. The zero-order valence-corrected chi connectivity index (χ0v) is 10.5. The molecule has 1 aliphatic carbocycles. The first-order chi connectivity index (χ1) is 7.18. The van der Waals surface area contributed by atoms with Gasteiger partial charge in [-0.25, -0.2) is 0 Å². The van der Waals surface area contributed by atoms with Crippen LogP contribution in [-0.2, 0) is 0 Å². The Labute approximate surface area is 98.8 Å². The maximum Gasteiger partial charge on any atom is 0.174 e. The second-order valence-corrected chi connectivity index (χ2v) is 5.35. The summed E-state index contributed by atoms with van der Waals surface area (Å²) in [5.74, 6) is 1.13. The van der Waals surface area contributed by atoms with E-state index in [1.54, 1.807) is 6.26 Å². The number of hydrogen-bond acceptors (Lipinski definition) is 2.